The quantitative estimate of drug-likeness (QED) is 0.918. The summed E-state index contributed by atoms with van der Waals surface area (Å²) in [4.78, 5) is 29.9. The minimum absolute atomic E-state index is 0.221. The predicted octanol–water partition coefficient (Wildman–Crippen LogP) is 2.23. The fraction of sp³-hybridized carbons (Fsp3) is 0.312. The van der Waals surface area contributed by atoms with E-state index in [1.165, 1.54) is 4.90 Å². The van der Waals surface area contributed by atoms with Crippen LogP contribution in [0.4, 0.5) is 0 Å². The molecule has 0 radical (unpaired) electrons. The number of carbonyl (C=O) groups excluding carboxylic acids is 1. The third-order valence-corrected chi connectivity index (χ3v) is 3.87. The molecule has 2 heterocycles. The number of aromatic nitrogens is 1. The van der Waals surface area contributed by atoms with E-state index in [4.69, 9.17) is 0 Å². The number of likely N-dealkylation sites (tertiary alicyclic amines) is 1. The molecule has 0 spiro atoms. The average molecular weight is 284 g/mol. The van der Waals surface area contributed by atoms with Crippen molar-refractivity contribution >= 4 is 22.8 Å². The van der Waals surface area contributed by atoms with Crippen LogP contribution in [0.15, 0.2) is 30.3 Å². The second-order valence-corrected chi connectivity index (χ2v) is 5.32. The van der Waals surface area contributed by atoms with E-state index in [-0.39, 0.29) is 5.91 Å². The summed E-state index contributed by atoms with van der Waals surface area (Å²) >= 11 is 0. The Morgan fingerprint density at radius 3 is 2.86 bits per heavy atom. The molecule has 1 aliphatic heterocycles. The van der Waals surface area contributed by atoms with Gasteiger partial charge in [0.1, 0.15) is 6.04 Å². The van der Waals surface area contributed by atoms with E-state index in [1.54, 1.807) is 6.07 Å². The zero-order valence-electron chi connectivity index (χ0n) is 11.7. The lowest BCUT2D eigenvalue weighted by Crippen LogP contribution is -2.40. The highest BCUT2D eigenvalue weighted by atomic mass is 16.4. The van der Waals surface area contributed by atoms with E-state index in [0.717, 1.165) is 23.0 Å². The maximum absolute atomic E-state index is 12.8. The third-order valence-electron chi connectivity index (χ3n) is 3.87. The second kappa shape index (κ2) is 5.16. The lowest BCUT2D eigenvalue weighted by Gasteiger charge is -2.22. The van der Waals surface area contributed by atoms with Gasteiger partial charge in [0, 0.05) is 17.6 Å². The summed E-state index contributed by atoms with van der Waals surface area (Å²) in [5, 5.41) is 10.0. The van der Waals surface area contributed by atoms with Gasteiger partial charge in [-0.3, -0.25) is 9.78 Å². The van der Waals surface area contributed by atoms with Crippen molar-refractivity contribution in [1.82, 2.24) is 9.88 Å². The van der Waals surface area contributed by atoms with Crippen LogP contribution in [-0.2, 0) is 4.79 Å². The summed E-state index contributed by atoms with van der Waals surface area (Å²) < 4.78 is 0. The van der Waals surface area contributed by atoms with Gasteiger partial charge in [-0.25, -0.2) is 4.79 Å². The van der Waals surface area contributed by atoms with E-state index in [9.17, 15) is 14.7 Å². The lowest BCUT2D eigenvalue weighted by molar-refractivity contribution is -0.141. The summed E-state index contributed by atoms with van der Waals surface area (Å²) in [6.45, 7) is 2.33. The van der Waals surface area contributed by atoms with Gasteiger partial charge in [0.25, 0.3) is 5.91 Å². The van der Waals surface area contributed by atoms with Crippen molar-refractivity contribution in [3.8, 4) is 0 Å². The minimum atomic E-state index is -0.934. The predicted molar refractivity (Wildman–Crippen MR) is 78.2 cm³/mol. The highest BCUT2D eigenvalue weighted by molar-refractivity contribution is 6.07. The fourth-order valence-corrected chi connectivity index (χ4v) is 2.91. The number of rotatable bonds is 2. The molecule has 1 aliphatic rings. The van der Waals surface area contributed by atoms with Crippen molar-refractivity contribution in [1.29, 1.82) is 0 Å². The number of carbonyl (C=O) groups is 2. The number of pyridine rings is 1. The van der Waals surface area contributed by atoms with E-state index in [0.29, 0.717) is 18.5 Å². The normalized spacial score (nSPS) is 18.1. The number of aryl methyl sites for hydroxylation is 1. The zero-order chi connectivity index (χ0) is 15.0. The molecule has 2 aromatic rings. The van der Waals surface area contributed by atoms with E-state index in [2.05, 4.69) is 4.98 Å². The number of amides is 1. The van der Waals surface area contributed by atoms with Gasteiger partial charge in [-0.1, -0.05) is 18.2 Å². The Morgan fingerprint density at radius 1 is 1.33 bits per heavy atom. The topological polar surface area (TPSA) is 70.5 Å². The molecule has 21 heavy (non-hydrogen) atoms. The lowest BCUT2D eigenvalue weighted by atomic mass is 10.1. The molecule has 1 saturated heterocycles. The van der Waals surface area contributed by atoms with Gasteiger partial charge in [0.05, 0.1) is 11.1 Å². The molecule has 0 bridgehead atoms. The van der Waals surface area contributed by atoms with E-state index < -0.39 is 12.0 Å². The first-order chi connectivity index (χ1) is 10.1. The Labute approximate surface area is 122 Å². The van der Waals surface area contributed by atoms with Crippen molar-refractivity contribution in [3.63, 3.8) is 0 Å². The standard InChI is InChI=1S/C16H16N2O3/c1-10-9-12(11-5-2-3-6-13(11)17-10)15(19)18-8-4-7-14(18)16(20)21/h2-3,5-6,9,14H,4,7-8H2,1H3,(H,20,21)/t14-/m1/s1. The van der Waals surface area contributed by atoms with Crippen LogP contribution in [0.3, 0.4) is 0 Å². The largest absolute Gasteiger partial charge is 0.480 e. The second-order valence-electron chi connectivity index (χ2n) is 5.32. The Hall–Kier alpha value is -2.43. The van der Waals surface area contributed by atoms with Gasteiger partial charge >= 0.3 is 5.97 Å². The zero-order valence-corrected chi connectivity index (χ0v) is 11.7. The highest BCUT2D eigenvalue weighted by Gasteiger charge is 2.35. The Balaban J connectivity index is 2.07. The van der Waals surface area contributed by atoms with E-state index >= 15 is 0 Å². The van der Waals surface area contributed by atoms with Crippen LogP contribution in [0, 0.1) is 6.92 Å². The summed E-state index contributed by atoms with van der Waals surface area (Å²) in [7, 11) is 0. The molecule has 1 N–H and O–H groups in total. The number of nitrogens with zero attached hydrogens (tertiary/aromatic N) is 2. The first kappa shape index (κ1) is 13.5. The third kappa shape index (κ3) is 2.35. The molecular weight excluding hydrogens is 268 g/mol. The molecule has 5 nitrogen and oxygen atoms in total. The highest BCUT2D eigenvalue weighted by Crippen LogP contribution is 2.24. The summed E-state index contributed by atoms with van der Waals surface area (Å²) in [5.41, 5.74) is 2.04. The number of aliphatic carboxylic acids is 1. The number of benzene rings is 1. The molecule has 0 aliphatic carbocycles. The fourth-order valence-electron chi connectivity index (χ4n) is 2.91. The molecule has 1 aromatic heterocycles. The Morgan fingerprint density at radius 2 is 2.10 bits per heavy atom. The summed E-state index contributed by atoms with van der Waals surface area (Å²) in [5.74, 6) is -1.16. The van der Waals surface area contributed by atoms with Gasteiger partial charge in [0.2, 0.25) is 0 Å². The van der Waals surface area contributed by atoms with Crippen LogP contribution >= 0.6 is 0 Å². The maximum atomic E-state index is 12.8. The molecule has 1 aromatic carbocycles. The molecular formula is C16H16N2O3. The average Bonchev–Trinajstić information content (AvgIpc) is 2.95. The van der Waals surface area contributed by atoms with E-state index in [1.807, 2.05) is 31.2 Å². The monoisotopic (exact) mass is 284 g/mol. The van der Waals surface area contributed by atoms with Crippen LogP contribution < -0.4 is 0 Å². The van der Waals surface area contributed by atoms with Gasteiger partial charge in [-0.2, -0.15) is 0 Å². The number of para-hydroxylation sites is 1. The molecule has 5 heteroatoms. The first-order valence-corrected chi connectivity index (χ1v) is 6.98. The number of hydrogen-bond donors (Lipinski definition) is 1. The van der Waals surface area contributed by atoms with Crippen LogP contribution in [0.1, 0.15) is 28.9 Å². The summed E-state index contributed by atoms with van der Waals surface area (Å²) in [6.07, 6.45) is 1.24. The number of hydrogen-bond acceptors (Lipinski definition) is 3. The molecule has 3 rings (SSSR count). The smallest absolute Gasteiger partial charge is 0.326 e. The molecule has 1 amide bonds. The van der Waals surface area contributed by atoms with Gasteiger partial charge in [-0.05, 0) is 31.9 Å². The van der Waals surface area contributed by atoms with Crippen LogP contribution in [0.5, 0.6) is 0 Å². The molecule has 1 atom stereocenters. The van der Waals surface area contributed by atoms with Gasteiger partial charge < -0.3 is 10.0 Å². The van der Waals surface area contributed by atoms with Crippen LogP contribution in [-0.4, -0.2) is 39.5 Å². The summed E-state index contributed by atoms with van der Waals surface area (Å²) in [6, 6.07) is 8.46. The number of carboxylic acids is 1. The Bertz CT molecular complexity index is 727. The number of carboxylic acid groups (broad SMARTS) is 1. The van der Waals surface area contributed by atoms with Crippen molar-refractivity contribution in [2.24, 2.45) is 0 Å². The molecule has 0 saturated carbocycles. The minimum Gasteiger partial charge on any atom is -0.480 e. The number of fused-ring (bicyclic) bond motifs is 1. The Kier molecular flexibility index (Phi) is 3.33. The van der Waals surface area contributed by atoms with Crippen molar-refractivity contribution in [3.05, 3.63) is 41.6 Å². The van der Waals surface area contributed by atoms with Crippen LogP contribution in [0.25, 0.3) is 10.9 Å². The SMILES string of the molecule is Cc1cc(C(=O)N2CCC[C@@H]2C(=O)O)c2ccccc2n1. The van der Waals surface area contributed by atoms with Crippen molar-refractivity contribution < 1.29 is 14.7 Å². The van der Waals surface area contributed by atoms with Crippen molar-refractivity contribution in [2.75, 3.05) is 6.54 Å². The molecule has 0 unspecified atom stereocenters. The van der Waals surface area contributed by atoms with Gasteiger partial charge in [0.15, 0.2) is 0 Å². The van der Waals surface area contributed by atoms with Crippen molar-refractivity contribution in [2.45, 2.75) is 25.8 Å². The molecule has 108 valence electrons. The first-order valence-electron chi connectivity index (χ1n) is 6.98. The molecule has 1 fully saturated rings. The maximum Gasteiger partial charge on any atom is 0.326 e. The van der Waals surface area contributed by atoms with Gasteiger partial charge in [-0.15, -0.1) is 0 Å². The van der Waals surface area contributed by atoms with Crippen LogP contribution in [0.2, 0.25) is 0 Å².